The van der Waals surface area contributed by atoms with Gasteiger partial charge in [-0.1, -0.05) is 60.1 Å². The summed E-state index contributed by atoms with van der Waals surface area (Å²) in [6, 6.07) is 14.1. The highest BCUT2D eigenvalue weighted by Gasteiger charge is 2.30. The molecule has 0 aliphatic rings. The van der Waals surface area contributed by atoms with Crippen LogP contribution in [-0.4, -0.2) is 49.5 Å². The number of carbonyl (C=O) groups is 1. The summed E-state index contributed by atoms with van der Waals surface area (Å²) in [5.41, 5.74) is 9.76. The summed E-state index contributed by atoms with van der Waals surface area (Å²) in [6.07, 6.45) is -1.13. The van der Waals surface area contributed by atoms with Gasteiger partial charge >= 0.3 is 12.1 Å². The first kappa shape index (κ1) is 29.3. The van der Waals surface area contributed by atoms with E-state index in [2.05, 4.69) is 20.3 Å². The highest BCUT2D eigenvalue weighted by molar-refractivity contribution is 5.87. The number of H-pyrrole nitrogens is 1. The zero-order chi connectivity index (χ0) is 28.6. The molecule has 0 aliphatic carbocycles. The molecule has 0 aliphatic heterocycles. The van der Waals surface area contributed by atoms with Gasteiger partial charge in [0.15, 0.2) is 0 Å². The fraction of sp³-hybridized carbons (Fsp3) is 0.222. The van der Waals surface area contributed by atoms with Crippen molar-refractivity contribution in [1.29, 1.82) is 0 Å². The average molecular weight is 543 g/mol. The number of benzene rings is 2. The van der Waals surface area contributed by atoms with Crippen LogP contribution >= 0.6 is 0 Å². The number of carboxylic acid groups (broad SMARTS) is 1. The first-order valence-electron chi connectivity index (χ1n) is 11.7. The molecule has 6 N–H and O–H groups in total. The van der Waals surface area contributed by atoms with Crippen molar-refractivity contribution in [2.75, 3.05) is 18.5 Å². The number of aryl methyl sites for hydroxylation is 1. The molecule has 9 nitrogen and oxygen atoms in total. The Morgan fingerprint density at radius 3 is 2.33 bits per heavy atom. The van der Waals surface area contributed by atoms with Crippen molar-refractivity contribution in [2.24, 2.45) is 0 Å². The lowest BCUT2D eigenvalue weighted by molar-refractivity contribution is -0.137. The van der Waals surface area contributed by atoms with Gasteiger partial charge in [0, 0.05) is 24.6 Å². The van der Waals surface area contributed by atoms with Crippen LogP contribution in [0.25, 0.3) is 17.0 Å². The molecule has 12 heteroatoms. The van der Waals surface area contributed by atoms with Crippen molar-refractivity contribution >= 4 is 11.9 Å². The second kappa shape index (κ2) is 13.0. The zero-order valence-corrected chi connectivity index (χ0v) is 20.8. The van der Waals surface area contributed by atoms with Gasteiger partial charge in [0.05, 0.1) is 23.9 Å². The molecule has 2 heterocycles. The maximum Gasteiger partial charge on any atom is 0.416 e. The van der Waals surface area contributed by atoms with E-state index in [-0.39, 0.29) is 23.9 Å². The van der Waals surface area contributed by atoms with E-state index in [0.717, 1.165) is 23.3 Å². The number of nitrogens with one attached hydrogen (secondary N) is 3. The molecule has 4 rings (SSSR count). The highest BCUT2D eigenvalue weighted by Crippen LogP contribution is 2.31. The molecular weight excluding hydrogens is 515 g/mol. The number of aromatic amines is 1. The first-order chi connectivity index (χ1) is 18.5. The summed E-state index contributed by atoms with van der Waals surface area (Å²) in [4.78, 5) is 22.5. The Bertz CT molecular complexity index is 1380. The first-order valence-corrected chi connectivity index (χ1v) is 11.7. The summed E-state index contributed by atoms with van der Waals surface area (Å²) in [5, 5.41) is 30.4. The third-order valence-electron chi connectivity index (χ3n) is 5.65. The number of hydrogen-bond donors (Lipinski definition) is 5. The van der Waals surface area contributed by atoms with Gasteiger partial charge in [-0.3, -0.25) is 0 Å². The van der Waals surface area contributed by atoms with Gasteiger partial charge in [0.1, 0.15) is 5.69 Å². The Balaban J connectivity index is 0.000000255. The van der Waals surface area contributed by atoms with Crippen LogP contribution in [0.1, 0.15) is 44.8 Å². The number of anilines is 1. The van der Waals surface area contributed by atoms with E-state index in [1.165, 1.54) is 18.2 Å². The van der Waals surface area contributed by atoms with Crippen molar-refractivity contribution in [1.82, 2.24) is 15.0 Å². The Morgan fingerprint density at radius 1 is 1.05 bits per heavy atom. The minimum Gasteiger partial charge on any atom is -0.669 e. The third kappa shape index (κ3) is 7.87. The number of aliphatic hydroxyl groups excluding tert-OH is 2. The number of alkyl halides is 3. The Kier molecular flexibility index (Phi) is 9.77. The number of aliphatic hydroxyl groups is 2. The normalized spacial score (nSPS) is 12.7. The summed E-state index contributed by atoms with van der Waals surface area (Å²) >= 11 is 0. The smallest absolute Gasteiger partial charge is 0.416 e. The van der Waals surface area contributed by atoms with E-state index in [0.29, 0.717) is 17.2 Å². The lowest BCUT2D eigenvalue weighted by Crippen LogP contribution is -2.16. The molecule has 206 valence electrons. The molecule has 2 aromatic carbocycles. The minimum absolute atomic E-state index is 0.0973. The maximum atomic E-state index is 12.2. The lowest BCUT2D eigenvalue weighted by Gasteiger charge is -2.18. The highest BCUT2D eigenvalue weighted by atomic mass is 19.4. The molecule has 0 spiro atoms. The molecule has 0 bridgehead atoms. The lowest BCUT2D eigenvalue weighted by atomic mass is 10.1. The summed E-state index contributed by atoms with van der Waals surface area (Å²) in [5.74, 6) is -0.665. The molecule has 0 amide bonds. The van der Waals surface area contributed by atoms with E-state index in [4.69, 9.17) is 15.9 Å². The van der Waals surface area contributed by atoms with Crippen LogP contribution in [0.3, 0.4) is 0 Å². The van der Waals surface area contributed by atoms with E-state index in [9.17, 15) is 23.1 Å². The van der Waals surface area contributed by atoms with Crippen LogP contribution < -0.4 is 5.32 Å². The topological polar surface area (TPSA) is 155 Å². The molecule has 0 radical (unpaired) electrons. The van der Waals surface area contributed by atoms with Crippen LogP contribution in [0.4, 0.5) is 19.1 Å². The number of rotatable bonds is 8. The Morgan fingerprint density at radius 2 is 1.74 bits per heavy atom. The van der Waals surface area contributed by atoms with Crippen LogP contribution in [-0.2, 0) is 6.18 Å². The van der Waals surface area contributed by atoms with Crippen molar-refractivity contribution in [3.8, 4) is 11.3 Å². The van der Waals surface area contributed by atoms with Gasteiger partial charge < -0.3 is 31.4 Å². The van der Waals surface area contributed by atoms with Crippen molar-refractivity contribution in [2.45, 2.75) is 25.2 Å². The molecular formula is C27H27F3N5O4-. The average Bonchev–Trinajstić information content (AvgIpc) is 3.43. The van der Waals surface area contributed by atoms with Crippen molar-refractivity contribution in [3.05, 3.63) is 107 Å². The van der Waals surface area contributed by atoms with Crippen molar-refractivity contribution < 1.29 is 33.3 Å². The number of aromatic carboxylic acids is 1. The minimum atomic E-state index is -4.40. The van der Waals surface area contributed by atoms with Gasteiger partial charge in [-0.15, -0.1) is 0 Å². The third-order valence-corrected chi connectivity index (χ3v) is 5.65. The van der Waals surface area contributed by atoms with Crippen LogP contribution in [0.5, 0.6) is 0 Å². The van der Waals surface area contributed by atoms with E-state index < -0.39 is 30.4 Å². The van der Waals surface area contributed by atoms with Crippen LogP contribution in [0.15, 0.2) is 73.1 Å². The van der Waals surface area contributed by atoms with Gasteiger partial charge in [0.2, 0.25) is 5.95 Å². The van der Waals surface area contributed by atoms with Gasteiger partial charge in [-0.2, -0.15) is 13.2 Å². The van der Waals surface area contributed by atoms with Gasteiger partial charge in [-0.25, -0.2) is 14.8 Å². The number of hydrogen-bond acceptors (Lipinski definition) is 6. The molecule has 0 saturated carbocycles. The van der Waals surface area contributed by atoms with E-state index in [1.54, 1.807) is 12.4 Å². The largest absolute Gasteiger partial charge is 0.669 e. The predicted octanol–water partition coefficient (Wildman–Crippen LogP) is 5.41. The fourth-order valence-corrected chi connectivity index (χ4v) is 3.57. The molecule has 0 saturated heterocycles. The quantitative estimate of drug-likeness (QED) is 0.199. The molecule has 0 fully saturated rings. The molecule has 2 aromatic heterocycles. The SMILES string of the molecule is Cc1cnc(NC(CO)c2ccccc2)nc1-c1c[nH]c(C(=O)O)c1.[NH-]C(CO)c1cccc(C(F)(F)F)c1. The summed E-state index contributed by atoms with van der Waals surface area (Å²) < 4.78 is 36.6. The van der Waals surface area contributed by atoms with Crippen molar-refractivity contribution in [3.63, 3.8) is 0 Å². The second-order valence-corrected chi connectivity index (χ2v) is 8.48. The zero-order valence-electron chi connectivity index (χ0n) is 20.8. The predicted molar refractivity (Wildman–Crippen MR) is 139 cm³/mol. The molecule has 2 atom stereocenters. The van der Waals surface area contributed by atoms with Gasteiger partial charge in [0.25, 0.3) is 0 Å². The Hall–Kier alpha value is -4.26. The number of nitrogens with zero attached hydrogens (tertiary/aromatic N) is 2. The fourth-order valence-electron chi connectivity index (χ4n) is 3.57. The molecule has 2 unspecified atom stereocenters. The van der Waals surface area contributed by atoms with Crippen LogP contribution in [0, 0.1) is 6.92 Å². The summed E-state index contributed by atoms with van der Waals surface area (Å²) in [6.45, 7) is 1.26. The van der Waals surface area contributed by atoms with E-state index >= 15 is 0 Å². The Labute approximate surface area is 222 Å². The maximum absolute atomic E-state index is 12.2. The second-order valence-electron chi connectivity index (χ2n) is 8.48. The number of carboxylic acids is 1. The molecule has 4 aromatic rings. The number of halogens is 3. The van der Waals surface area contributed by atoms with E-state index in [1.807, 2.05) is 37.3 Å². The standard InChI is InChI=1S/C18H18N4O3.C9H9F3NO/c1-11-8-20-18(21-15(10-23)12-5-3-2-4-6-12)22-16(11)13-7-14(17(24)25)19-9-13;10-9(11,12)7-3-1-2-6(4-7)8(13)5-14/h2-9,15,19,23H,10H2,1H3,(H,24,25)(H,20,21,22);1-4,8,13-14H,5H2/q;-1. The summed E-state index contributed by atoms with van der Waals surface area (Å²) in [7, 11) is 0. The van der Waals surface area contributed by atoms with Crippen LogP contribution in [0.2, 0.25) is 0 Å². The molecule has 39 heavy (non-hydrogen) atoms. The monoisotopic (exact) mass is 542 g/mol. The van der Waals surface area contributed by atoms with Gasteiger partial charge in [-0.05, 0) is 30.2 Å². The number of aromatic nitrogens is 3.